The Balaban J connectivity index is 3.44. The third-order valence-electron chi connectivity index (χ3n) is 1.97. The maximum Gasteiger partial charge on any atom is 0.182 e. The van der Waals surface area contributed by atoms with E-state index < -0.39 is 6.29 Å². The molecule has 3 nitrogen and oxygen atoms in total. The number of phenols is 1. The van der Waals surface area contributed by atoms with E-state index in [-0.39, 0.29) is 11.3 Å². The van der Waals surface area contributed by atoms with Crippen LogP contribution < -0.4 is 0 Å². The topological polar surface area (TPSA) is 60.7 Å². The molecule has 72 valence electrons. The summed E-state index contributed by atoms with van der Waals surface area (Å²) >= 11 is 5.87. The van der Waals surface area contributed by atoms with Crippen LogP contribution in [0.1, 0.15) is 23.0 Å². The van der Waals surface area contributed by atoms with Gasteiger partial charge in [0.25, 0.3) is 0 Å². The molecule has 0 saturated carbocycles. The van der Waals surface area contributed by atoms with Gasteiger partial charge < -0.3 is 15.3 Å². The number of halogens is 1. The van der Waals surface area contributed by atoms with Crippen LogP contribution in [0.25, 0.3) is 0 Å². The molecule has 0 spiro atoms. The highest BCUT2D eigenvalue weighted by atomic mass is 35.5. The molecule has 1 rings (SSSR count). The first-order valence-corrected chi connectivity index (χ1v) is 4.17. The Morgan fingerprint density at radius 2 is 1.85 bits per heavy atom. The Kier molecular flexibility index (Phi) is 2.81. The number of aryl methyl sites for hydroxylation is 1. The first-order valence-electron chi connectivity index (χ1n) is 3.80. The van der Waals surface area contributed by atoms with Gasteiger partial charge in [-0.2, -0.15) is 0 Å². The third-order valence-corrected chi connectivity index (χ3v) is 2.55. The number of phenolic OH excluding ortho intramolecular Hbond substituents is 1. The molecule has 0 bridgehead atoms. The normalized spacial score (nSPS) is 10.9. The highest BCUT2D eigenvalue weighted by Crippen LogP contribution is 2.33. The average Bonchev–Trinajstić information content (AvgIpc) is 1.99. The summed E-state index contributed by atoms with van der Waals surface area (Å²) in [7, 11) is 0. The Labute approximate surface area is 81.2 Å². The van der Waals surface area contributed by atoms with Gasteiger partial charge in [0.15, 0.2) is 6.29 Å². The number of benzene rings is 1. The standard InChI is InChI=1S/C9H11ClO3/c1-4-3-6(11)7(9(12)13)5(2)8(4)10/h3,9,11-13H,1-2H3. The molecule has 0 aliphatic carbocycles. The Bertz CT molecular complexity index is 334. The van der Waals surface area contributed by atoms with E-state index in [1.165, 1.54) is 6.07 Å². The van der Waals surface area contributed by atoms with Crippen molar-refractivity contribution in [1.29, 1.82) is 0 Å². The van der Waals surface area contributed by atoms with Crippen LogP contribution in [0.15, 0.2) is 6.07 Å². The SMILES string of the molecule is Cc1cc(O)c(C(O)O)c(C)c1Cl. The minimum absolute atomic E-state index is 0.0654. The monoisotopic (exact) mass is 202 g/mol. The summed E-state index contributed by atoms with van der Waals surface area (Å²) < 4.78 is 0. The molecular formula is C9H11ClO3. The summed E-state index contributed by atoms with van der Waals surface area (Å²) in [5.41, 5.74) is 1.27. The van der Waals surface area contributed by atoms with Gasteiger partial charge in [0, 0.05) is 5.02 Å². The van der Waals surface area contributed by atoms with E-state index in [1.807, 2.05) is 0 Å². The summed E-state index contributed by atoms with van der Waals surface area (Å²) in [5.74, 6) is -0.144. The predicted octanol–water partition coefficient (Wildman–Crippen LogP) is 1.65. The first kappa shape index (κ1) is 10.3. The lowest BCUT2D eigenvalue weighted by molar-refractivity contribution is -0.0443. The second kappa shape index (κ2) is 3.54. The fraction of sp³-hybridized carbons (Fsp3) is 0.333. The molecule has 0 amide bonds. The van der Waals surface area contributed by atoms with Crippen LogP contribution >= 0.6 is 11.6 Å². The number of aromatic hydroxyl groups is 1. The summed E-state index contributed by atoms with van der Waals surface area (Å²) in [6.07, 6.45) is -1.70. The van der Waals surface area contributed by atoms with Gasteiger partial charge in [0.2, 0.25) is 0 Å². The fourth-order valence-corrected chi connectivity index (χ4v) is 1.43. The van der Waals surface area contributed by atoms with Crippen molar-refractivity contribution in [3.8, 4) is 5.75 Å². The van der Waals surface area contributed by atoms with Gasteiger partial charge in [-0.3, -0.25) is 0 Å². The van der Waals surface area contributed by atoms with E-state index in [2.05, 4.69) is 0 Å². The molecule has 0 fully saturated rings. The number of aliphatic hydroxyl groups excluding tert-OH is 1. The van der Waals surface area contributed by atoms with Gasteiger partial charge in [-0.25, -0.2) is 0 Å². The molecule has 0 unspecified atom stereocenters. The zero-order valence-electron chi connectivity index (χ0n) is 7.37. The highest BCUT2D eigenvalue weighted by molar-refractivity contribution is 6.32. The van der Waals surface area contributed by atoms with Gasteiger partial charge in [-0.05, 0) is 31.0 Å². The van der Waals surface area contributed by atoms with Crippen LogP contribution in [0, 0.1) is 13.8 Å². The summed E-state index contributed by atoms with van der Waals surface area (Å²) in [5, 5.41) is 27.7. The first-order chi connectivity index (χ1) is 5.95. The molecule has 0 aliphatic rings. The highest BCUT2D eigenvalue weighted by Gasteiger charge is 2.16. The molecule has 3 N–H and O–H groups in total. The predicted molar refractivity (Wildman–Crippen MR) is 49.8 cm³/mol. The van der Waals surface area contributed by atoms with Gasteiger partial charge in [-0.15, -0.1) is 0 Å². The maximum atomic E-state index is 9.39. The van der Waals surface area contributed by atoms with Gasteiger partial charge in [0.05, 0.1) is 5.56 Å². The average molecular weight is 203 g/mol. The summed E-state index contributed by atoms with van der Waals surface area (Å²) in [6.45, 7) is 3.37. The molecule has 0 aromatic heterocycles. The van der Waals surface area contributed by atoms with Gasteiger partial charge >= 0.3 is 0 Å². The van der Waals surface area contributed by atoms with Crippen LogP contribution in [0.2, 0.25) is 5.02 Å². The van der Waals surface area contributed by atoms with E-state index in [4.69, 9.17) is 21.8 Å². The van der Waals surface area contributed by atoms with Crippen LogP contribution in [0.3, 0.4) is 0 Å². The van der Waals surface area contributed by atoms with E-state index in [9.17, 15) is 5.11 Å². The third kappa shape index (κ3) is 1.77. The number of hydrogen-bond acceptors (Lipinski definition) is 3. The summed E-state index contributed by atoms with van der Waals surface area (Å²) in [4.78, 5) is 0. The lowest BCUT2D eigenvalue weighted by atomic mass is 10.0. The van der Waals surface area contributed by atoms with Crippen molar-refractivity contribution in [3.05, 3.63) is 27.8 Å². The minimum atomic E-state index is -1.70. The lowest BCUT2D eigenvalue weighted by Crippen LogP contribution is -2.00. The van der Waals surface area contributed by atoms with E-state index >= 15 is 0 Å². The molecule has 0 saturated heterocycles. The number of rotatable bonds is 1. The van der Waals surface area contributed by atoms with Crippen molar-refractivity contribution in [1.82, 2.24) is 0 Å². The van der Waals surface area contributed by atoms with Crippen LogP contribution in [0.4, 0.5) is 0 Å². The Morgan fingerprint density at radius 1 is 1.31 bits per heavy atom. The molecule has 13 heavy (non-hydrogen) atoms. The molecule has 0 radical (unpaired) electrons. The molecule has 1 aromatic rings. The van der Waals surface area contributed by atoms with Crippen molar-refractivity contribution in [3.63, 3.8) is 0 Å². The zero-order valence-corrected chi connectivity index (χ0v) is 8.13. The van der Waals surface area contributed by atoms with Crippen molar-refractivity contribution in [2.45, 2.75) is 20.1 Å². The van der Waals surface area contributed by atoms with Crippen LogP contribution in [-0.2, 0) is 0 Å². The Morgan fingerprint density at radius 3 is 2.31 bits per heavy atom. The Hall–Kier alpha value is -0.770. The fourth-order valence-electron chi connectivity index (χ4n) is 1.28. The number of aliphatic hydroxyl groups is 2. The zero-order chi connectivity index (χ0) is 10.2. The second-order valence-electron chi connectivity index (χ2n) is 2.94. The van der Waals surface area contributed by atoms with Gasteiger partial charge in [0.1, 0.15) is 5.75 Å². The van der Waals surface area contributed by atoms with Crippen molar-refractivity contribution in [2.75, 3.05) is 0 Å². The van der Waals surface area contributed by atoms with Gasteiger partial charge in [-0.1, -0.05) is 11.6 Å². The van der Waals surface area contributed by atoms with Crippen molar-refractivity contribution in [2.24, 2.45) is 0 Å². The minimum Gasteiger partial charge on any atom is -0.507 e. The van der Waals surface area contributed by atoms with Crippen LogP contribution in [0.5, 0.6) is 5.75 Å². The molecule has 0 aliphatic heterocycles. The molecule has 0 heterocycles. The van der Waals surface area contributed by atoms with Crippen molar-refractivity contribution >= 4 is 11.6 Å². The number of hydrogen-bond donors (Lipinski definition) is 3. The smallest absolute Gasteiger partial charge is 0.182 e. The molecule has 0 atom stereocenters. The largest absolute Gasteiger partial charge is 0.507 e. The molecule has 4 heteroatoms. The summed E-state index contributed by atoms with van der Waals surface area (Å²) in [6, 6.07) is 1.41. The molecular weight excluding hydrogens is 192 g/mol. The lowest BCUT2D eigenvalue weighted by Gasteiger charge is -2.13. The quantitative estimate of drug-likeness (QED) is 0.607. The second-order valence-corrected chi connectivity index (χ2v) is 3.32. The van der Waals surface area contributed by atoms with E-state index in [0.29, 0.717) is 16.1 Å². The van der Waals surface area contributed by atoms with Crippen molar-refractivity contribution < 1.29 is 15.3 Å². The van der Waals surface area contributed by atoms with Crippen LogP contribution in [-0.4, -0.2) is 15.3 Å². The maximum absolute atomic E-state index is 9.39. The molecule has 1 aromatic carbocycles. The van der Waals surface area contributed by atoms with E-state index in [0.717, 1.165) is 0 Å². The van der Waals surface area contributed by atoms with E-state index in [1.54, 1.807) is 13.8 Å².